The molecular weight excluding hydrogens is 119 g/mol. The van der Waals surface area contributed by atoms with Crippen LogP contribution in [0, 0.1) is 5.41 Å². The molecule has 0 fully saturated rings. The van der Waals surface area contributed by atoms with E-state index in [1.807, 2.05) is 27.7 Å². The van der Waals surface area contributed by atoms with Crippen LogP contribution in [0.3, 0.4) is 0 Å². The molecule has 0 aromatic carbocycles. The summed E-state index contributed by atoms with van der Waals surface area (Å²) in [6.45, 7) is 9.64. The molecule has 0 unspecified atom stereocenters. The average molecular weight is 134 g/mol. The van der Waals surface area contributed by atoms with Gasteiger partial charge in [0, 0.05) is 0 Å². The molecule has 0 bridgehead atoms. The average Bonchev–Trinajstić information content (AvgIpc) is 1.62. The standard InChI is InChI=1S/C8H16O.Li/c1-6(7(2)9)8(3,4)5;/h9H,1-5H3;/q;+1/p-1/b7-6-;. The van der Waals surface area contributed by atoms with E-state index in [2.05, 4.69) is 0 Å². The third-order valence-electron chi connectivity index (χ3n) is 1.65. The van der Waals surface area contributed by atoms with Crippen molar-refractivity contribution in [2.75, 3.05) is 0 Å². The maximum Gasteiger partial charge on any atom is 1.00 e. The Bertz CT molecular complexity index is 127. The summed E-state index contributed by atoms with van der Waals surface area (Å²) in [5, 5.41) is 10.8. The molecule has 0 aliphatic carbocycles. The second-order valence-electron chi connectivity index (χ2n) is 3.43. The van der Waals surface area contributed by atoms with E-state index in [4.69, 9.17) is 0 Å². The smallest absolute Gasteiger partial charge is 0.876 e. The van der Waals surface area contributed by atoms with Crippen LogP contribution < -0.4 is 24.0 Å². The monoisotopic (exact) mass is 134 g/mol. The van der Waals surface area contributed by atoms with Crippen molar-refractivity contribution in [2.45, 2.75) is 34.6 Å². The fraction of sp³-hybridized carbons (Fsp3) is 0.750. The minimum atomic E-state index is 0. The number of hydrogen-bond donors (Lipinski definition) is 0. The third-order valence-corrected chi connectivity index (χ3v) is 1.65. The zero-order chi connectivity index (χ0) is 7.65. The molecule has 0 aliphatic heterocycles. The summed E-state index contributed by atoms with van der Waals surface area (Å²) in [6.07, 6.45) is 0. The third kappa shape index (κ3) is 4.03. The van der Waals surface area contributed by atoms with Crippen molar-refractivity contribution in [1.82, 2.24) is 0 Å². The van der Waals surface area contributed by atoms with E-state index in [0.717, 1.165) is 5.57 Å². The fourth-order valence-electron chi connectivity index (χ4n) is 0.528. The van der Waals surface area contributed by atoms with Gasteiger partial charge in [0.15, 0.2) is 0 Å². The van der Waals surface area contributed by atoms with Crippen LogP contribution in [-0.4, -0.2) is 0 Å². The first-order valence-electron chi connectivity index (χ1n) is 3.20. The Hall–Kier alpha value is 0.137. The van der Waals surface area contributed by atoms with Crippen LogP contribution in [0.25, 0.3) is 0 Å². The zero-order valence-electron chi connectivity index (χ0n) is 7.91. The van der Waals surface area contributed by atoms with Crippen LogP contribution in [0.15, 0.2) is 11.3 Å². The predicted molar refractivity (Wildman–Crippen MR) is 37.8 cm³/mol. The summed E-state index contributed by atoms with van der Waals surface area (Å²) in [7, 11) is 0. The SMILES string of the molecule is C/C([O-])=C(\C)C(C)(C)C.[Li+]. The number of allylic oxidation sites excluding steroid dienone is 2. The summed E-state index contributed by atoms with van der Waals surface area (Å²) < 4.78 is 0. The van der Waals surface area contributed by atoms with Gasteiger partial charge in [-0.15, -0.1) is 5.76 Å². The van der Waals surface area contributed by atoms with Crippen molar-refractivity contribution in [1.29, 1.82) is 0 Å². The topological polar surface area (TPSA) is 23.1 Å². The summed E-state index contributed by atoms with van der Waals surface area (Å²) in [5.74, 6) is 0.197. The van der Waals surface area contributed by atoms with Gasteiger partial charge in [-0.25, -0.2) is 0 Å². The van der Waals surface area contributed by atoms with Crippen molar-refractivity contribution in [2.24, 2.45) is 5.41 Å². The normalized spacial score (nSPS) is 13.7. The second-order valence-corrected chi connectivity index (χ2v) is 3.43. The largest absolute Gasteiger partial charge is 1.00 e. The molecule has 0 N–H and O–H groups in total. The van der Waals surface area contributed by atoms with Crippen LogP contribution in [-0.2, 0) is 0 Å². The van der Waals surface area contributed by atoms with Gasteiger partial charge < -0.3 is 5.11 Å². The minimum absolute atomic E-state index is 0. The van der Waals surface area contributed by atoms with E-state index in [0.29, 0.717) is 0 Å². The molecule has 0 saturated carbocycles. The van der Waals surface area contributed by atoms with Crippen molar-refractivity contribution < 1.29 is 24.0 Å². The molecule has 0 amide bonds. The van der Waals surface area contributed by atoms with Gasteiger partial charge in [0.2, 0.25) is 0 Å². The molecule has 0 aromatic heterocycles. The van der Waals surface area contributed by atoms with Crippen molar-refractivity contribution in [3.8, 4) is 0 Å². The molecule has 0 aromatic rings. The van der Waals surface area contributed by atoms with Gasteiger partial charge in [-0.2, -0.15) is 0 Å². The summed E-state index contributed by atoms with van der Waals surface area (Å²) in [4.78, 5) is 0. The Kier molecular flexibility index (Phi) is 5.25. The van der Waals surface area contributed by atoms with E-state index < -0.39 is 0 Å². The quantitative estimate of drug-likeness (QED) is 0.298. The van der Waals surface area contributed by atoms with Gasteiger partial charge in [-0.3, -0.25) is 0 Å². The number of hydrogen-bond acceptors (Lipinski definition) is 1. The fourth-order valence-corrected chi connectivity index (χ4v) is 0.528. The van der Waals surface area contributed by atoms with Gasteiger partial charge in [-0.05, 0) is 12.3 Å². The Balaban J connectivity index is 0. The van der Waals surface area contributed by atoms with Crippen LogP contribution in [0.1, 0.15) is 34.6 Å². The van der Waals surface area contributed by atoms with E-state index in [1.54, 1.807) is 6.92 Å². The van der Waals surface area contributed by atoms with Crippen LogP contribution in [0.2, 0.25) is 0 Å². The molecule has 0 spiro atoms. The van der Waals surface area contributed by atoms with Crippen molar-refractivity contribution in [3.05, 3.63) is 11.3 Å². The van der Waals surface area contributed by atoms with E-state index in [9.17, 15) is 5.11 Å². The van der Waals surface area contributed by atoms with Crippen LogP contribution in [0.5, 0.6) is 0 Å². The molecule has 10 heavy (non-hydrogen) atoms. The first-order valence-corrected chi connectivity index (χ1v) is 3.20. The Labute approximate surface area is 75.7 Å². The van der Waals surface area contributed by atoms with E-state index >= 15 is 0 Å². The maximum atomic E-state index is 10.8. The molecule has 0 aliphatic rings. The van der Waals surface area contributed by atoms with Gasteiger partial charge in [-0.1, -0.05) is 33.3 Å². The van der Waals surface area contributed by atoms with Crippen LogP contribution in [0.4, 0.5) is 0 Å². The molecule has 0 saturated heterocycles. The molecule has 54 valence electrons. The number of rotatable bonds is 0. The van der Waals surface area contributed by atoms with Gasteiger partial charge >= 0.3 is 18.9 Å². The molecule has 0 rings (SSSR count). The summed E-state index contributed by atoms with van der Waals surface area (Å²) in [5.41, 5.74) is 0.994. The molecule has 0 atom stereocenters. The Morgan fingerprint density at radius 1 is 1.10 bits per heavy atom. The van der Waals surface area contributed by atoms with Crippen molar-refractivity contribution in [3.63, 3.8) is 0 Å². The first-order chi connectivity index (χ1) is 3.85. The molecule has 1 nitrogen and oxygen atoms in total. The molecule has 0 radical (unpaired) electrons. The van der Waals surface area contributed by atoms with E-state index in [1.165, 1.54) is 0 Å². The predicted octanol–water partition coefficient (Wildman–Crippen LogP) is -1.31. The van der Waals surface area contributed by atoms with Gasteiger partial charge in [0.25, 0.3) is 0 Å². The first kappa shape index (κ1) is 12.8. The summed E-state index contributed by atoms with van der Waals surface area (Å²) >= 11 is 0. The second kappa shape index (κ2) is 4.11. The molecule has 2 heteroatoms. The maximum absolute atomic E-state index is 10.8. The Morgan fingerprint density at radius 3 is 1.40 bits per heavy atom. The van der Waals surface area contributed by atoms with Crippen LogP contribution >= 0.6 is 0 Å². The zero-order valence-corrected chi connectivity index (χ0v) is 7.91. The molecular formula is C8H15LiO. The van der Waals surface area contributed by atoms with Gasteiger partial charge in [0.05, 0.1) is 0 Å². The Morgan fingerprint density at radius 2 is 1.40 bits per heavy atom. The summed E-state index contributed by atoms with van der Waals surface area (Å²) in [6, 6.07) is 0. The van der Waals surface area contributed by atoms with Gasteiger partial charge in [0.1, 0.15) is 0 Å². The molecule has 0 heterocycles. The van der Waals surface area contributed by atoms with E-state index in [-0.39, 0.29) is 30.0 Å². The van der Waals surface area contributed by atoms with Crippen molar-refractivity contribution >= 4 is 0 Å². The minimum Gasteiger partial charge on any atom is -0.876 e.